The van der Waals surface area contributed by atoms with Crippen LogP contribution in [0.1, 0.15) is 5.56 Å². The largest absolute Gasteiger partial charge is 0.244 e. The number of hydrogen-bond donors (Lipinski definition) is 1. The van der Waals surface area contributed by atoms with E-state index >= 15 is 0 Å². The van der Waals surface area contributed by atoms with Crippen LogP contribution in [0.4, 0.5) is 0 Å². The molecule has 0 unspecified atom stereocenters. The summed E-state index contributed by atoms with van der Waals surface area (Å²) in [6, 6.07) is 13.5. The molecule has 0 atom stereocenters. The molecule has 2 aromatic carbocycles. The summed E-state index contributed by atoms with van der Waals surface area (Å²) in [5.74, 6) is 0.647. The van der Waals surface area contributed by atoms with Gasteiger partial charge in [-0.2, -0.15) is 12.6 Å². The molecule has 0 fully saturated rings. The Labute approximate surface area is 144 Å². The summed E-state index contributed by atoms with van der Waals surface area (Å²) in [6.07, 6.45) is 3.31. The Kier molecular flexibility index (Phi) is 4.67. The zero-order valence-electron chi connectivity index (χ0n) is 11.5. The first-order valence-electron chi connectivity index (χ1n) is 6.64. The Bertz CT molecular complexity index is 804. The van der Waals surface area contributed by atoms with Crippen molar-refractivity contribution in [3.05, 3.63) is 70.6 Å². The van der Waals surface area contributed by atoms with E-state index in [2.05, 4.69) is 22.6 Å². The maximum Gasteiger partial charge on any atom is 0.116 e. The highest BCUT2D eigenvalue weighted by atomic mass is 35.5. The van der Waals surface area contributed by atoms with Crippen LogP contribution in [0.25, 0.3) is 22.4 Å². The number of aromatic nitrogens is 2. The van der Waals surface area contributed by atoms with E-state index in [-0.39, 0.29) is 0 Å². The van der Waals surface area contributed by atoms with Gasteiger partial charge in [-0.3, -0.25) is 0 Å². The first kappa shape index (κ1) is 15.3. The van der Waals surface area contributed by atoms with Crippen LogP contribution in [0.2, 0.25) is 10.0 Å². The molecule has 0 aliphatic carbocycles. The van der Waals surface area contributed by atoms with Crippen LogP contribution in [-0.4, -0.2) is 9.97 Å². The number of nitrogens with zero attached hydrogens (tertiary/aromatic N) is 2. The molecule has 1 aromatic heterocycles. The van der Waals surface area contributed by atoms with Crippen molar-refractivity contribution >= 4 is 35.8 Å². The Morgan fingerprint density at radius 1 is 0.955 bits per heavy atom. The van der Waals surface area contributed by atoms with Crippen molar-refractivity contribution in [2.45, 2.75) is 5.75 Å². The monoisotopic (exact) mass is 346 g/mol. The average Bonchev–Trinajstić information content (AvgIpc) is 2.55. The molecular formula is C17H12Cl2N2S. The zero-order chi connectivity index (χ0) is 15.5. The number of hydrogen-bond acceptors (Lipinski definition) is 3. The minimum absolute atomic E-state index is 0.647. The maximum atomic E-state index is 6.41. The molecule has 0 amide bonds. The molecule has 0 aliphatic heterocycles. The highest BCUT2D eigenvalue weighted by molar-refractivity contribution is 7.79. The third kappa shape index (κ3) is 3.12. The van der Waals surface area contributed by atoms with Crippen LogP contribution < -0.4 is 0 Å². The molecule has 1 heterocycles. The van der Waals surface area contributed by atoms with Gasteiger partial charge >= 0.3 is 0 Å². The summed E-state index contributed by atoms with van der Waals surface area (Å²) in [6.45, 7) is 0. The van der Waals surface area contributed by atoms with Crippen molar-refractivity contribution in [1.29, 1.82) is 0 Å². The van der Waals surface area contributed by atoms with E-state index in [1.807, 2.05) is 42.5 Å². The lowest BCUT2D eigenvalue weighted by molar-refractivity contribution is 1.17. The van der Waals surface area contributed by atoms with Gasteiger partial charge in [0.1, 0.15) is 6.33 Å². The van der Waals surface area contributed by atoms with Gasteiger partial charge in [0.2, 0.25) is 0 Å². The summed E-state index contributed by atoms with van der Waals surface area (Å²) in [7, 11) is 0. The number of thiol groups is 1. The van der Waals surface area contributed by atoms with Crippen molar-refractivity contribution in [3.63, 3.8) is 0 Å². The van der Waals surface area contributed by atoms with Crippen LogP contribution in [0.3, 0.4) is 0 Å². The molecule has 3 aromatic rings. The average molecular weight is 347 g/mol. The Hall–Kier alpha value is -1.55. The van der Waals surface area contributed by atoms with E-state index < -0.39 is 0 Å². The smallest absolute Gasteiger partial charge is 0.116 e. The van der Waals surface area contributed by atoms with Crippen molar-refractivity contribution in [2.75, 3.05) is 0 Å². The highest BCUT2D eigenvalue weighted by Crippen LogP contribution is 2.34. The van der Waals surface area contributed by atoms with Crippen molar-refractivity contribution < 1.29 is 0 Å². The molecule has 0 aliphatic rings. The second kappa shape index (κ2) is 6.69. The second-order valence-electron chi connectivity index (χ2n) is 4.76. The first-order chi connectivity index (χ1) is 10.7. The van der Waals surface area contributed by atoms with Gasteiger partial charge in [0.05, 0.1) is 10.7 Å². The lowest BCUT2D eigenvalue weighted by atomic mass is 10.00. The maximum absolute atomic E-state index is 6.41. The summed E-state index contributed by atoms with van der Waals surface area (Å²) in [5, 5.41) is 1.35. The lowest BCUT2D eigenvalue weighted by Crippen LogP contribution is -1.92. The van der Waals surface area contributed by atoms with Gasteiger partial charge in [0, 0.05) is 28.1 Å². The normalized spacial score (nSPS) is 10.7. The topological polar surface area (TPSA) is 25.8 Å². The van der Waals surface area contributed by atoms with Gasteiger partial charge in [0.15, 0.2) is 0 Å². The summed E-state index contributed by atoms with van der Waals surface area (Å²) >= 11 is 16.6. The first-order valence-corrected chi connectivity index (χ1v) is 8.03. The summed E-state index contributed by atoms with van der Waals surface area (Å²) in [5.41, 5.74) is 4.65. The van der Waals surface area contributed by atoms with Gasteiger partial charge < -0.3 is 0 Å². The minimum atomic E-state index is 0.647. The SMILES string of the molecule is SCc1ccc(-c2ncncc2-c2ccc(Cl)cc2)c(Cl)c1. The van der Waals surface area contributed by atoms with E-state index in [0.717, 1.165) is 27.9 Å². The lowest BCUT2D eigenvalue weighted by Gasteiger charge is -2.11. The Morgan fingerprint density at radius 3 is 2.41 bits per heavy atom. The minimum Gasteiger partial charge on any atom is -0.244 e. The number of benzene rings is 2. The quantitative estimate of drug-likeness (QED) is 0.629. The van der Waals surface area contributed by atoms with Crippen LogP contribution in [0.15, 0.2) is 55.0 Å². The highest BCUT2D eigenvalue weighted by Gasteiger charge is 2.12. The van der Waals surface area contributed by atoms with E-state index in [4.69, 9.17) is 23.2 Å². The van der Waals surface area contributed by atoms with Gasteiger partial charge in [-0.1, -0.05) is 47.5 Å². The van der Waals surface area contributed by atoms with Gasteiger partial charge in [-0.25, -0.2) is 9.97 Å². The van der Waals surface area contributed by atoms with E-state index in [1.54, 1.807) is 6.20 Å². The van der Waals surface area contributed by atoms with E-state index in [9.17, 15) is 0 Å². The molecule has 0 N–H and O–H groups in total. The summed E-state index contributed by atoms with van der Waals surface area (Å²) < 4.78 is 0. The molecule has 0 bridgehead atoms. The van der Waals surface area contributed by atoms with Crippen LogP contribution in [0.5, 0.6) is 0 Å². The molecule has 0 spiro atoms. The van der Waals surface area contributed by atoms with E-state index in [0.29, 0.717) is 15.8 Å². The van der Waals surface area contributed by atoms with Crippen LogP contribution in [-0.2, 0) is 5.75 Å². The predicted octanol–water partition coefficient (Wildman–Crippen LogP) is 5.55. The molecule has 0 radical (unpaired) electrons. The molecule has 2 nitrogen and oxygen atoms in total. The van der Waals surface area contributed by atoms with E-state index in [1.165, 1.54) is 6.33 Å². The molecule has 5 heteroatoms. The molecule has 110 valence electrons. The van der Waals surface area contributed by atoms with Crippen molar-refractivity contribution in [3.8, 4) is 22.4 Å². The standard InChI is InChI=1S/C17H12Cl2N2S/c18-13-4-2-12(3-5-13)15-8-20-10-21-17(15)14-6-1-11(9-22)7-16(14)19/h1-8,10,22H,9H2. The predicted molar refractivity (Wildman–Crippen MR) is 95.6 cm³/mol. The second-order valence-corrected chi connectivity index (χ2v) is 5.92. The van der Waals surface area contributed by atoms with Crippen molar-refractivity contribution in [2.24, 2.45) is 0 Å². The third-order valence-electron chi connectivity index (χ3n) is 3.34. The van der Waals surface area contributed by atoms with Crippen LogP contribution in [0, 0.1) is 0 Å². The molecule has 0 saturated carbocycles. The van der Waals surface area contributed by atoms with Crippen molar-refractivity contribution in [1.82, 2.24) is 9.97 Å². The summed E-state index contributed by atoms with van der Waals surface area (Å²) in [4.78, 5) is 8.55. The molecular weight excluding hydrogens is 335 g/mol. The van der Waals surface area contributed by atoms with Gasteiger partial charge in [0.25, 0.3) is 0 Å². The fourth-order valence-corrected chi connectivity index (χ4v) is 2.85. The Balaban J connectivity index is 2.14. The zero-order valence-corrected chi connectivity index (χ0v) is 13.9. The number of rotatable bonds is 3. The van der Waals surface area contributed by atoms with Gasteiger partial charge in [-0.05, 0) is 29.3 Å². The van der Waals surface area contributed by atoms with Gasteiger partial charge in [-0.15, -0.1) is 0 Å². The molecule has 3 rings (SSSR count). The molecule has 22 heavy (non-hydrogen) atoms. The molecule has 0 saturated heterocycles. The fourth-order valence-electron chi connectivity index (χ4n) is 2.23. The Morgan fingerprint density at radius 2 is 1.73 bits per heavy atom. The van der Waals surface area contributed by atoms with Crippen LogP contribution >= 0.6 is 35.8 Å². The fraction of sp³-hybridized carbons (Fsp3) is 0.0588. The number of halogens is 2. The third-order valence-corrected chi connectivity index (χ3v) is 4.27.